The lowest BCUT2D eigenvalue weighted by Crippen LogP contribution is -2.53. The van der Waals surface area contributed by atoms with Gasteiger partial charge in [-0.15, -0.1) is 0 Å². The lowest BCUT2D eigenvalue weighted by molar-refractivity contribution is -0.154. The van der Waals surface area contributed by atoms with Gasteiger partial charge in [-0.2, -0.15) is 13.2 Å². The van der Waals surface area contributed by atoms with Crippen molar-refractivity contribution in [3.63, 3.8) is 0 Å². The van der Waals surface area contributed by atoms with Crippen molar-refractivity contribution in [1.82, 2.24) is 15.2 Å². The summed E-state index contributed by atoms with van der Waals surface area (Å²) in [4.78, 5) is 10.3. The van der Waals surface area contributed by atoms with Gasteiger partial charge in [0.25, 0.3) is 0 Å². The number of hydrogen-bond donors (Lipinski definition) is 1. The first kappa shape index (κ1) is 20.7. The molecule has 10 heteroatoms. The molecular weight excluding hydrogens is 377 g/mol. The second-order valence-electron chi connectivity index (χ2n) is 6.68. The van der Waals surface area contributed by atoms with Crippen molar-refractivity contribution in [3.05, 3.63) is 23.9 Å². The molecule has 1 aromatic rings. The molecule has 2 saturated heterocycles. The van der Waals surface area contributed by atoms with Crippen molar-refractivity contribution >= 4 is 5.96 Å². The van der Waals surface area contributed by atoms with E-state index in [4.69, 9.17) is 14.2 Å². The van der Waals surface area contributed by atoms with Crippen LogP contribution in [0.2, 0.25) is 0 Å². The molecule has 0 aliphatic carbocycles. The van der Waals surface area contributed by atoms with Gasteiger partial charge in [0.05, 0.1) is 12.7 Å². The fourth-order valence-electron chi connectivity index (χ4n) is 3.33. The highest BCUT2D eigenvalue weighted by atomic mass is 19.4. The first-order valence-electron chi connectivity index (χ1n) is 9.28. The zero-order valence-corrected chi connectivity index (χ0v) is 15.7. The molecule has 3 heterocycles. The van der Waals surface area contributed by atoms with Crippen LogP contribution in [-0.2, 0) is 16.0 Å². The summed E-state index contributed by atoms with van der Waals surface area (Å²) in [5, 5.41) is 3.18. The van der Waals surface area contributed by atoms with Crippen molar-refractivity contribution in [3.8, 4) is 5.88 Å². The Morgan fingerprint density at radius 3 is 2.89 bits per heavy atom. The summed E-state index contributed by atoms with van der Waals surface area (Å²) in [5.41, 5.74) is 0.525. The Bertz CT molecular complexity index is 666. The normalized spacial score (nSPS) is 23.7. The van der Waals surface area contributed by atoms with E-state index >= 15 is 0 Å². The maximum absolute atomic E-state index is 12.4. The number of morpholine rings is 1. The molecular formula is C18H25F3N4O3. The summed E-state index contributed by atoms with van der Waals surface area (Å²) in [5.74, 6) is 0.610. The number of nitrogens with one attached hydrogen (secondary N) is 1. The van der Waals surface area contributed by atoms with Gasteiger partial charge in [-0.05, 0) is 18.9 Å². The third-order valence-corrected chi connectivity index (χ3v) is 4.64. The van der Waals surface area contributed by atoms with E-state index in [0.717, 1.165) is 19.4 Å². The van der Waals surface area contributed by atoms with E-state index in [0.29, 0.717) is 31.2 Å². The molecule has 0 amide bonds. The van der Waals surface area contributed by atoms with Crippen molar-refractivity contribution < 1.29 is 27.4 Å². The molecule has 2 aliphatic heterocycles. The molecule has 2 atom stereocenters. The Labute approximate surface area is 161 Å². The Balaban J connectivity index is 1.58. The average molecular weight is 402 g/mol. The standard InChI is InChI=1S/C18H25F3N4O3/c1-22-17(25-7-9-27-15(11-25)14-5-3-8-26-14)24-10-13-4-2-6-23-16(13)28-12-18(19,20)21/h2,4,6,14-15H,3,5,7-12H2,1H3,(H,22,24). The van der Waals surface area contributed by atoms with Crippen LogP contribution >= 0.6 is 0 Å². The van der Waals surface area contributed by atoms with Crippen LogP contribution in [-0.4, -0.2) is 74.2 Å². The number of halogens is 3. The molecule has 0 bridgehead atoms. The molecule has 1 aromatic heterocycles. The second kappa shape index (κ2) is 9.42. The number of hydrogen-bond acceptors (Lipinski definition) is 5. The highest BCUT2D eigenvalue weighted by molar-refractivity contribution is 5.80. The molecule has 156 valence electrons. The fraction of sp³-hybridized carbons (Fsp3) is 0.667. The predicted octanol–water partition coefficient (Wildman–Crippen LogP) is 1.98. The van der Waals surface area contributed by atoms with E-state index < -0.39 is 12.8 Å². The van der Waals surface area contributed by atoms with Gasteiger partial charge < -0.3 is 24.4 Å². The molecule has 0 spiro atoms. The van der Waals surface area contributed by atoms with Gasteiger partial charge in [0.2, 0.25) is 5.88 Å². The summed E-state index contributed by atoms with van der Waals surface area (Å²) in [6.45, 7) is 1.52. The Hall–Kier alpha value is -2.07. The van der Waals surface area contributed by atoms with Crippen molar-refractivity contribution in [2.45, 2.75) is 37.8 Å². The number of pyridine rings is 1. The third-order valence-electron chi connectivity index (χ3n) is 4.64. The first-order valence-corrected chi connectivity index (χ1v) is 9.28. The molecule has 2 unspecified atom stereocenters. The summed E-state index contributed by atoms with van der Waals surface area (Å²) in [7, 11) is 1.67. The number of rotatable bonds is 5. The third kappa shape index (κ3) is 5.71. The van der Waals surface area contributed by atoms with Crippen LogP contribution in [0.5, 0.6) is 5.88 Å². The highest BCUT2D eigenvalue weighted by Crippen LogP contribution is 2.22. The lowest BCUT2D eigenvalue weighted by atomic mass is 10.1. The van der Waals surface area contributed by atoms with Gasteiger partial charge in [-0.1, -0.05) is 6.07 Å². The van der Waals surface area contributed by atoms with Gasteiger partial charge in [0, 0.05) is 45.0 Å². The van der Waals surface area contributed by atoms with Crippen molar-refractivity contribution in [1.29, 1.82) is 0 Å². The Morgan fingerprint density at radius 1 is 1.36 bits per heavy atom. The first-order chi connectivity index (χ1) is 13.5. The van der Waals surface area contributed by atoms with Gasteiger partial charge in [0.1, 0.15) is 6.10 Å². The molecule has 0 radical (unpaired) electrons. The number of aromatic nitrogens is 1. The van der Waals surface area contributed by atoms with E-state index in [1.54, 1.807) is 19.2 Å². The molecule has 7 nitrogen and oxygen atoms in total. The summed E-state index contributed by atoms with van der Waals surface area (Å²) >= 11 is 0. The largest absolute Gasteiger partial charge is 0.468 e. The number of aliphatic imine (C=N–C) groups is 1. The van der Waals surface area contributed by atoms with Crippen LogP contribution in [0.3, 0.4) is 0 Å². The number of alkyl halides is 3. The number of ether oxygens (including phenoxy) is 3. The van der Waals surface area contributed by atoms with Crippen LogP contribution in [0.1, 0.15) is 18.4 Å². The van der Waals surface area contributed by atoms with Gasteiger partial charge in [-0.3, -0.25) is 4.99 Å². The minimum Gasteiger partial charge on any atom is -0.468 e. The van der Waals surface area contributed by atoms with Gasteiger partial charge in [0.15, 0.2) is 12.6 Å². The average Bonchev–Trinajstić information content (AvgIpc) is 3.22. The maximum atomic E-state index is 12.4. The van der Waals surface area contributed by atoms with Crippen LogP contribution in [0, 0.1) is 0 Å². The smallest absolute Gasteiger partial charge is 0.422 e. The zero-order valence-electron chi connectivity index (χ0n) is 15.7. The van der Waals surface area contributed by atoms with Crippen molar-refractivity contribution in [2.24, 2.45) is 4.99 Å². The molecule has 0 saturated carbocycles. The van der Waals surface area contributed by atoms with E-state index in [1.165, 1.54) is 6.20 Å². The highest BCUT2D eigenvalue weighted by Gasteiger charge is 2.32. The Morgan fingerprint density at radius 2 is 2.18 bits per heavy atom. The van der Waals surface area contributed by atoms with E-state index in [2.05, 4.69) is 20.2 Å². The SMILES string of the molecule is CN=C(NCc1cccnc1OCC(F)(F)F)N1CCOC(C2CCCO2)C1. The summed E-state index contributed by atoms with van der Waals surface area (Å²) < 4.78 is 53.7. The van der Waals surface area contributed by atoms with Gasteiger partial charge in [-0.25, -0.2) is 4.98 Å². The summed E-state index contributed by atoms with van der Waals surface area (Å²) in [6.07, 6.45) is -0.901. The van der Waals surface area contributed by atoms with Crippen LogP contribution < -0.4 is 10.1 Å². The molecule has 3 rings (SSSR count). The summed E-state index contributed by atoms with van der Waals surface area (Å²) in [6, 6.07) is 3.33. The Kier molecular flexibility index (Phi) is 6.95. The zero-order chi connectivity index (χ0) is 20.0. The number of guanidine groups is 1. The molecule has 0 aromatic carbocycles. The van der Waals surface area contributed by atoms with Crippen LogP contribution in [0.25, 0.3) is 0 Å². The van der Waals surface area contributed by atoms with Crippen LogP contribution in [0.15, 0.2) is 23.3 Å². The predicted molar refractivity (Wildman–Crippen MR) is 96.3 cm³/mol. The maximum Gasteiger partial charge on any atom is 0.422 e. The number of nitrogens with zero attached hydrogens (tertiary/aromatic N) is 3. The topological polar surface area (TPSA) is 68.2 Å². The molecule has 2 fully saturated rings. The minimum absolute atomic E-state index is 0.0149. The van der Waals surface area contributed by atoms with Crippen molar-refractivity contribution in [2.75, 3.05) is 40.0 Å². The quantitative estimate of drug-likeness (QED) is 0.600. The second-order valence-corrected chi connectivity index (χ2v) is 6.68. The fourth-order valence-corrected chi connectivity index (χ4v) is 3.33. The van der Waals surface area contributed by atoms with E-state index in [-0.39, 0.29) is 24.6 Å². The van der Waals surface area contributed by atoms with Crippen LogP contribution in [0.4, 0.5) is 13.2 Å². The lowest BCUT2D eigenvalue weighted by Gasteiger charge is -2.37. The van der Waals surface area contributed by atoms with E-state index in [9.17, 15) is 13.2 Å². The minimum atomic E-state index is -4.41. The van der Waals surface area contributed by atoms with Gasteiger partial charge >= 0.3 is 6.18 Å². The monoisotopic (exact) mass is 402 g/mol. The molecule has 28 heavy (non-hydrogen) atoms. The molecule has 1 N–H and O–H groups in total. The van der Waals surface area contributed by atoms with E-state index in [1.807, 2.05) is 0 Å². The molecule has 2 aliphatic rings.